The van der Waals surface area contributed by atoms with Crippen LogP contribution >= 0.6 is 0 Å². The molecule has 1 amide bonds. The Bertz CT molecular complexity index is 516. The molecule has 3 nitrogen and oxygen atoms in total. The van der Waals surface area contributed by atoms with Crippen molar-refractivity contribution in [1.82, 2.24) is 10.2 Å². The molecule has 1 aromatic carbocycles. The number of benzene rings is 1. The average Bonchev–Trinajstić information content (AvgIpc) is 2.85. The lowest BCUT2D eigenvalue weighted by molar-refractivity contribution is -0.140. The zero-order valence-corrected chi connectivity index (χ0v) is 10.8. The number of rotatable bonds is 2. The summed E-state index contributed by atoms with van der Waals surface area (Å²) < 4.78 is 51.7. The Labute approximate surface area is 113 Å². The van der Waals surface area contributed by atoms with Gasteiger partial charge in [0.05, 0.1) is 11.1 Å². The maximum Gasteiger partial charge on any atom is 0.419 e. The van der Waals surface area contributed by atoms with E-state index in [1.807, 2.05) is 0 Å². The molecule has 110 valence electrons. The molecule has 0 aliphatic carbocycles. The van der Waals surface area contributed by atoms with Gasteiger partial charge in [-0.15, -0.1) is 0 Å². The largest absolute Gasteiger partial charge is 0.419 e. The number of carbonyl (C=O) groups excluding carboxylic acids is 1. The highest BCUT2D eigenvalue weighted by atomic mass is 19.4. The Balaban J connectivity index is 2.28. The Morgan fingerprint density at radius 2 is 2.10 bits per heavy atom. The lowest BCUT2D eigenvalue weighted by Crippen LogP contribution is -2.34. The molecule has 0 radical (unpaired) electrons. The van der Waals surface area contributed by atoms with Crippen molar-refractivity contribution < 1.29 is 22.4 Å². The molecule has 0 bridgehead atoms. The summed E-state index contributed by atoms with van der Waals surface area (Å²) in [5, 5.41) is 2.98. The molecular formula is C13H14F4N2O. The maximum atomic E-state index is 13.9. The minimum atomic E-state index is -4.81. The monoisotopic (exact) mass is 290 g/mol. The summed E-state index contributed by atoms with van der Waals surface area (Å²) in [6, 6.07) is 2.85. The molecule has 7 heteroatoms. The van der Waals surface area contributed by atoms with Crippen molar-refractivity contribution in [3.8, 4) is 0 Å². The summed E-state index contributed by atoms with van der Waals surface area (Å²) >= 11 is 0. The number of halogens is 4. The molecule has 1 saturated heterocycles. The Morgan fingerprint density at radius 1 is 1.40 bits per heavy atom. The van der Waals surface area contributed by atoms with Crippen LogP contribution < -0.4 is 5.32 Å². The third-order valence-corrected chi connectivity index (χ3v) is 3.42. The normalized spacial score (nSPS) is 19.4. The molecule has 1 N–H and O–H groups in total. The fourth-order valence-electron chi connectivity index (χ4n) is 2.27. The van der Waals surface area contributed by atoms with Crippen LogP contribution in [0.1, 0.15) is 22.3 Å². The first-order chi connectivity index (χ1) is 9.34. The van der Waals surface area contributed by atoms with Gasteiger partial charge in [0.2, 0.25) is 0 Å². The highest BCUT2D eigenvalue weighted by Crippen LogP contribution is 2.32. The van der Waals surface area contributed by atoms with E-state index in [1.54, 1.807) is 7.05 Å². The molecule has 0 saturated carbocycles. The summed E-state index contributed by atoms with van der Waals surface area (Å²) in [6.07, 6.45) is -4.11. The molecule has 2 rings (SSSR count). The fourth-order valence-corrected chi connectivity index (χ4v) is 2.27. The smallest absolute Gasteiger partial charge is 0.337 e. The van der Waals surface area contributed by atoms with Gasteiger partial charge in [-0.1, -0.05) is 6.07 Å². The first-order valence-corrected chi connectivity index (χ1v) is 6.17. The van der Waals surface area contributed by atoms with Crippen molar-refractivity contribution in [2.24, 2.45) is 0 Å². The van der Waals surface area contributed by atoms with Gasteiger partial charge in [-0.3, -0.25) is 4.79 Å². The van der Waals surface area contributed by atoms with Crippen molar-refractivity contribution in [3.05, 3.63) is 35.1 Å². The zero-order chi connectivity index (χ0) is 14.9. The van der Waals surface area contributed by atoms with Crippen molar-refractivity contribution >= 4 is 5.91 Å². The molecule has 20 heavy (non-hydrogen) atoms. The highest BCUT2D eigenvalue weighted by molar-refractivity contribution is 5.95. The Hall–Kier alpha value is -1.63. The minimum Gasteiger partial charge on any atom is -0.337 e. The van der Waals surface area contributed by atoms with Gasteiger partial charge in [-0.2, -0.15) is 13.2 Å². The van der Waals surface area contributed by atoms with E-state index in [1.165, 1.54) is 4.90 Å². The van der Waals surface area contributed by atoms with Crippen LogP contribution in [-0.2, 0) is 6.18 Å². The molecular weight excluding hydrogens is 276 g/mol. The van der Waals surface area contributed by atoms with Crippen LogP contribution in [0.4, 0.5) is 17.6 Å². The van der Waals surface area contributed by atoms with Gasteiger partial charge >= 0.3 is 6.18 Å². The van der Waals surface area contributed by atoms with Crippen LogP contribution in [0.25, 0.3) is 0 Å². The minimum absolute atomic E-state index is 0.0906. The second kappa shape index (κ2) is 5.40. The molecule has 1 aliphatic heterocycles. The SMILES string of the molecule is CNC1CCN(C(=O)c2cccc(C(F)(F)F)c2F)C1. The van der Waals surface area contributed by atoms with Crippen molar-refractivity contribution in [3.63, 3.8) is 0 Å². The second-order valence-corrected chi connectivity index (χ2v) is 4.69. The van der Waals surface area contributed by atoms with Crippen LogP contribution in [0.3, 0.4) is 0 Å². The van der Waals surface area contributed by atoms with E-state index in [2.05, 4.69) is 5.32 Å². The number of hydrogen-bond acceptors (Lipinski definition) is 2. The first-order valence-electron chi connectivity index (χ1n) is 6.17. The third-order valence-electron chi connectivity index (χ3n) is 3.42. The number of hydrogen-bond donors (Lipinski definition) is 1. The van der Waals surface area contributed by atoms with Crippen LogP contribution in [0.15, 0.2) is 18.2 Å². The van der Waals surface area contributed by atoms with Gasteiger partial charge < -0.3 is 10.2 Å². The molecule has 1 aromatic rings. The van der Waals surface area contributed by atoms with E-state index in [9.17, 15) is 22.4 Å². The van der Waals surface area contributed by atoms with Crippen LogP contribution in [0.5, 0.6) is 0 Å². The molecule has 1 unspecified atom stereocenters. The molecule has 1 aliphatic rings. The van der Waals surface area contributed by atoms with Gasteiger partial charge in [-0.05, 0) is 25.6 Å². The van der Waals surface area contributed by atoms with Gasteiger partial charge in [0.15, 0.2) is 0 Å². The summed E-state index contributed by atoms with van der Waals surface area (Å²) in [7, 11) is 1.74. The average molecular weight is 290 g/mol. The molecule has 1 fully saturated rings. The second-order valence-electron chi connectivity index (χ2n) is 4.69. The number of alkyl halides is 3. The quantitative estimate of drug-likeness (QED) is 0.848. The zero-order valence-electron chi connectivity index (χ0n) is 10.8. The summed E-state index contributed by atoms with van der Waals surface area (Å²) in [6.45, 7) is 0.769. The Morgan fingerprint density at radius 3 is 2.65 bits per heavy atom. The van der Waals surface area contributed by atoms with Crippen LogP contribution in [-0.4, -0.2) is 37.0 Å². The Kier molecular flexibility index (Phi) is 3.99. The van der Waals surface area contributed by atoms with Crippen LogP contribution in [0, 0.1) is 5.82 Å². The molecule has 1 heterocycles. The van der Waals surface area contributed by atoms with Gasteiger partial charge in [0, 0.05) is 19.1 Å². The predicted octanol–water partition coefficient (Wildman–Crippen LogP) is 2.28. The van der Waals surface area contributed by atoms with E-state index in [0.29, 0.717) is 25.6 Å². The number of nitrogens with one attached hydrogen (secondary N) is 1. The molecule has 0 aromatic heterocycles. The van der Waals surface area contributed by atoms with Gasteiger partial charge in [0.25, 0.3) is 5.91 Å². The van der Waals surface area contributed by atoms with E-state index in [4.69, 9.17) is 0 Å². The van der Waals surface area contributed by atoms with E-state index >= 15 is 0 Å². The van der Waals surface area contributed by atoms with Crippen molar-refractivity contribution in [2.45, 2.75) is 18.6 Å². The predicted molar refractivity (Wildman–Crippen MR) is 64.8 cm³/mol. The highest BCUT2D eigenvalue weighted by Gasteiger charge is 2.37. The number of likely N-dealkylation sites (tertiary alicyclic amines) is 1. The van der Waals surface area contributed by atoms with Gasteiger partial charge in [0.1, 0.15) is 5.82 Å². The summed E-state index contributed by atoms with van der Waals surface area (Å²) in [5.41, 5.74) is -1.94. The number of nitrogens with zero attached hydrogens (tertiary/aromatic N) is 1. The molecule has 1 atom stereocenters. The first kappa shape index (κ1) is 14.8. The van der Waals surface area contributed by atoms with Crippen molar-refractivity contribution in [2.75, 3.05) is 20.1 Å². The fraction of sp³-hybridized carbons (Fsp3) is 0.462. The van der Waals surface area contributed by atoms with E-state index < -0.39 is 29.0 Å². The summed E-state index contributed by atoms with van der Waals surface area (Å²) in [4.78, 5) is 13.5. The standard InChI is InChI=1S/C13H14F4N2O/c1-18-8-5-6-19(7-8)12(20)9-3-2-4-10(11(9)14)13(15,16)17/h2-4,8,18H,5-7H2,1H3. The topological polar surface area (TPSA) is 32.3 Å². The third kappa shape index (κ3) is 2.77. The van der Waals surface area contributed by atoms with Gasteiger partial charge in [-0.25, -0.2) is 4.39 Å². The van der Waals surface area contributed by atoms with E-state index in [0.717, 1.165) is 12.1 Å². The van der Waals surface area contributed by atoms with Crippen LogP contribution in [0.2, 0.25) is 0 Å². The maximum absolute atomic E-state index is 13.9. The summed E-state index contributed by atoms with van der Waals surface area (Å²) in [5.74, 6) is -2.20. The van der Waals surface area contributed by atoms with E-state index in [-0.39, 0.29) is 6.04 Å². The lowest BCUT2D eigenvalue weighted by atomic mass is 10.1. The lowest BCUT2D eigenvalue weighted by Gasteiger charge is -2.18. The number of amides is 1. The number of carbonyl (C=O) groups is 1. The number of likely N-dealkylation sites (N-methyl/N-ethyl adjacent to an activating group) is 1. The molecule has 0 spiro atoms. The van der Waals surface area contributed by atoms with Crippen molar-refractivity contribution in [1.29, 1.82) is 0 Å².